The van der Waals surface area contributed by atoms with Crippen molar-refractivity contribution in [3.05, 3.63) is 52.5 Å². The van der Waals surface area contributed by atoms with E-state index < -0.39 is 0 Å². The maximum atomic E-state index is 12.6. The number of aromatic nitrogens is 2. The largest absolute Gasteiger partial charge is 0.360 e. The Bertz CT molecular complexity index is 967. The Morgan fingerprint density at radius 3 is 2.96 bits per heavy atom. The quantitative estimate of drug-likeness (QED) is 0.706. The van der Waals surface area contributed by atoms with E-state index in [1.54, 1.807) is 23.1 Å². The van der Waals surface area contributed by atoms with Crippen molar-refractivity contribution in [1.82, 2.24) is 9.97 Å². The number of amides is 2. The molecule has 0 radical (unpaired) electrons. The molecular weight excluding hydrogens is 372 g/mol. The molecule has 2 amide bonds. The Morgan fingerprint density at radius 2 is 2.23 bits per heavy atom. The smallest absolute Gasteiger partial charge is 0.257 e. The number of aromatic amines is 1. The number of nitrogens with zero attached hydrogens (tertiary/aromatic N) is 2. The maximum Gasteiger partial charge on any atom is 0.257 e. The van der Waals surface area contributed by atoms with Crippen LogP contribution in [0.5, 0.6) is 0 Å². The molecule has 0 unspecified atom stereocenters. The standard InChI is InChI=1S/C18H15ClN4O2S/c19-12-6-5-11(9-15(12)23-8-2-4-16(23)24)17(25)22-18-21-14(10-26-18)13-3-1-7-20-13/h1,3,5-7,9-10,20H,2,4,8H2,(H,21,22,25). The zero-order chi connectivity index (χ0) is 18.1. The average molecular weight is 387 g/mol. The number of thiazole rings is 1. The average Bonchev–Trinajstić information content (AvgIpc) is 3.36. The van der Waals surface area contributed by atoms with E-state index in [2.05, 4.69) is 15.3 Å². The molecule has 1 aliphatic heterocycles. The third kappa shape index (κ3) is 3.23. The second kappa shape index (κ2) is 6.93. The van der Waals surface area contributed by atoms with Gasteiger partial charge in [-0.25, -0.2) is 4.98 Å². The van der Waals surface area contributed by atoms with E-state index in [1.807, 2.05) is 23.7 Å². The van der Waals surface area contributed by atoms with E-state index in [0.29, 0.717) is 34.4 Å². The number of rotatable bonds is 4. The molecule has 1 saturated heterocycles. The van der Waals surface area contributed by atoms with Gasteiger partial charge in [-0.3, -0.25) is 14.9 Å². The van der Waals surface area contributed by atoms with Gasteiger partial charge in [0.2, 0.25) is 5.91 Å². The predicted octanol–water partition coefficient (Wildman–Crippen LogP) is 4.17. The molecule has 2 N–H and O–H groups in total. The number of carbonyl (C=O) groups is 2. The first-order chi connectivity index (χ1) is 12.6. The molecular formula is C18H15ClN4O2S. The van der Waals surface area contributed by atoms with E-state index in [9.17, 15) is 9.59 Å². The molecule has 1 aliphatic rings. The van der Waals surface area contributed by atoms with Crippen LogP contribution >= 0.6 is 22.9 Å². The number of carbonyl (C=O) groups excluding carboxylic acids is 2. The molecule has 4 rings (SSSR count). The van der Waals surface area contributed by atoms with Crippen LogP contribution in [-0.2, 0) is 4.79 Å². The number of H-pyrrole nitrogens is 1. The van der Waals surface area contributed by atoms with E-state index in [0.717, 1.165) is 17.8 Å². The van der Waals surface area contributed by atoms with Gasteiger partial charge in [-0.2, -0.15) is 0 Å². The van der Waals surface area contributed by atoms with Crippen LogP contribution in [0.3, 0.4) is 0 Å². The minimum atomic E-state index is -0.290. The summed E-state index contributed by atoms with van der Waals surface area (Å²) in [5, 5.41) is 5.64. The van der Waals surface area contributed by atoms with Gasteiger partial charge >= 0.3 is 0 Å². The van der Waals surface area contributed by atoms with Gasteiger partial charge in [0.15, 0.2) is 5.13 Å². The van der Waals surface area contributed by atoms with Crippen molar-refractivity contribution in [1.29, 1.82) is 0 Å². The summed E-state index contributed by atoms with van der Waals surface area (Å²) in [6.45, 7) is 0.621. The van der Waals surface area contributed by atoms with Crippen LogP contribution in [0.4, 0.5) is 10.8 Å². The first-order valence-electron chi connectivity index (χ1n) is 8.12. The van der Waals surface area contributed by atoms with E-state index in [4.69, 9.17) is 11.6 Å². The number of hydrogen-bond acceptors (Lipinski definition) is 4. The van der Waals surface area contributed by atoms with E-state index in [1.165, 1.54) is 11.3 Å². The lowest BCUT2D eigenvalue weighted by molar-refractivity contribution is -0.117. The molecule has 0 bridgehead atoms. The molecule has 0 atom stereocenters. The fraction of sp³-hybridized carbons (Fsp3) is 0.167. The van der Waals surface area contributed by atoms with Crippen LogP contribution in [0, 0.1) is 0 Å². The lowest BCUT2D eigenvalue weighted by Gasteiger charge is -2.18. The molecule has 1 fully saturated rings. The first kappa shape index (κ1) is 16.8. The zero-order valence-corrected chi connectivity index (χ0v) is 15.2. The molecule has 26 heavy (non-hydrogen) atoms. The van der Waals surface area contributed by atoms with Gasteiger partial charge < -0.3 is 9.88 Å². The summed E-state index contributed by atoms with van der Waals surface area (Å²) in [5.41, 5.74) is 2.67. The highest BCUT2D eigenvalue weighted by molar-refractivity contribution is 7.14. The minimum Gasteiger partial charge on any atom is -0.360 e. The van der Waals surface area contributed by atoms with Gasteiger partial charge in [0, 0.05) is 30.1 Å². The lowest BCUT2D eigenvalue weighted by atomic mass is 10.1. The topological polar surface area (TPSA) is 78.1 Å². The Balaban J connectivity index is 1.54. The normalized spacial score (nSPS) is 14.0. The number of halogens is 1. The third-order valence-electron chi connectivity index (χ3n) is 4.17. The summed E-state index contributed by atoms with van der Waals surface area (Å²) in [7, 11) is 0. The number of hydrogen-bond donors (Lipinski definition) is 2. The minimum absolute atomic E-state index is 0.0278. The second-order valence-corrected chi connectivity index (χ2v) is 7.16. The van der Waals surface area contributed by atoms with Gasteiger partial charge in [0.1, 0.15) is 0 Å². The van der Waals surface area contributed by atoms with Crippen LogP contribution < -0.4 is 10.2 Å². The highest BCUT2D eigenvalue weighted by Gasteiger charge is 2.24. The van der Waals surface area contributed by atoms with Crippen LogP contribution in [0.15, 0.2) is 41.9 Å². The van der Waals surface area contributed by atoms with Gasteiger partial charge in [0.25, 0.3) is 5.91 Å². The van der Waals surface area contributed by atoms with Crippen LogP contribution in [0.2, 0.25) is 5.02 Å². The molecule has 2 aromatic heterocycles. The van der Waals surface area contributed by atoms with E-state index >= 15 is 0 Å². The van der Waals surface area contributed by atoms with Gasteiger partial charge in [-0.15, -0.1) is 11.3 Å². The summed E-state index contributed by atoms with van der Waals surface area (Å²) >= 11 is 7.58. The monoisotopic (exact) mass is 386 g/mol. The van der Waals surface area contributed by atoms with Crippen molar-refractivity contribution >= 4 is 45.6 Å². The summed E-state index contributed by atoms with van der Waals surface area (Å²) in [6.07, 6.45) is 3.13. The predicted molar refractivity (Wildman–Crippen MR) is 103 cm³/mol. The number of benzene rings is 1. The zero-order valence-electron chi connectivity index (χ0n) is 13.7. The molecule has 0 spiro atoms. The number of nitrogens with one attached hydrogen (secondary N) is 2. The molecule has 8 heteroatoms. The summed E-state index contributed by atoms with van der Waals surface area (Å²) < 4.78 is 0. The molecule has 3 aromatic rings. The van der Waals surface area contributed by atoms with Crippen LogP contribution in [0.25, 0.3) is 11.4 Å². The molecule has 132 valence electrons. The van der Waals surface area contributed by atoms with Crippen molar-refractivity contribution in [3.63, 3.8) is 0 Å². The Labute approximate surface area is 158 Å². The molecule has 0 saturated carbocycles. The van der Waals surface area contributed by atoms with Crippen molar-refractivity contribution in [3.8, 4) is 11.4 Å². The lowest BCUT2D eigenvalue weighted by Crippen LogP contribution is -2.24. The molecule has 3 heterocycles. The fourth-order valence-electron chi connectivity index (χ4n) is 2.88. The van der Waals surface area contributed by atoms with Crippen molar-refractivity contribution in [2.75, 3.05) is 16.8 Å². The van der Waals surface area contributed by atoms with Crippen LogP contribution in [-0.4, -0.2) is 28.3 Å². The Hall–Kier alpha value is -2.64. The summed E-state index contributed by atoms with van der Waals surface area (Å²) in [6, 6.07) is 8.74. The highest BCUT2D eigenvalue weighted by atomic mass is 35.5. The SMILES string of the molecule is O=C(Nc1nc(-c2ccc[nH]2)cs1)c1ccc(Cl)c(N2CCCC2=O)c1. The Morgan fingerprint density at radius 1 is 1.35 bits per heavy atom. The van der Waals surface area contributed by atoms with E-state index in [-0.39, 0.29) is 11.8 Å². The number of anilines is 2. The van der Waals surface area contributed by atoms with Gasteiger partial charge in [-0.1, -0.05) is 11.6 Å². The maximum absolute atomic E-state index is 12.6. The van der Waals surface area contributed by atoms with Gasteiger partial charge in [0.05, 0.1) is 22.1 Å². The third-order valence-corrected chi connectivity index (χ3v) is 5.25. The van der Waals surface area contributed by atoms with Gasteiger partial charge in [-0.05, 0) is 36.8 Å². The van der Waals surface area contributed by atoms with Crippen molar-refractivity contribution < 1.29 is 9.59 Å². The molecule has 0 aliphatic carbocycles. The molecule has 6 nitrogen and oxygen atoms in total. The molecule has 1 aromatic carbocycles. The Kier molecular flexibility index (Phi) is 4.48. The fourth-order valence-corrected chi connectivity index (χ4v) is 3.80. The first-order valence-corrected chi connectivity index (χ1v) is 9.38. The van der Waals surface area contributed by atoms with Crippen molar-refractivity contribution in [2.45, 2.75) is 12.8 Å². The summed E-state index contributed by atoms with van der Waals surface area (Å²) in [5.74, 6) is -0.262. The van der Waals surface area contributed by atoms with Crippen molar-refractivity contribution in [2.24, 2.45) is 0 Å². The summed E-state index contributed by atoms with van der Waals surface area (Å²) in [4.78, 5) is 33.7. The van der Waals surface area contributed by atoms with Crippen LogP contribution in [0.1, 0.15) is 23.2 Å². The highest BCUT2D eigenvalue weighted by Crippen LogP contribution is 2.31. The second-order valence-electron chi connectivity index (χ2n) is 5.89.